The Balaban J connectivity index is 1.55. The fraction of sp³-hybridized carbons (Fsp3) is 0.318. The predicted molar refractivity (Wildman–Crippen MR) is 105 cm³/mol. The molecule has 2 N–H and O–H groups in total. The number of nitrogens with zero attached hydrogens (tertiary/aromatic N) is 1. The van der Waals surface area contributed by atoms with Crippen LogP contribution >= 0.6 is 0 Å². The summed E-state index contributed by atoms with van der Waals surface area (Å²) in [5.41, 5.74) is 2.92. The number of hydrogen-bond acceptors (Lipinski definition) is 5. The third-order valence-corrected chi connectivity index (χ3v) is 5.33. The first kappa shape index (κ1) is 19.1. The number of carboxylic acids is 1. The molecule has 0 fully saturated rings. The molecule has 1 atom stereocenters. The molecule has 0 aliphatic carbocycles. The van der Waals surface area contributed by atoms with Gasteiger partial charge in [0.05, 0.1) is 23.8 Å². The average Bonchev–Trinajstić information content (AvgIpc) is 2.96. The first-order chi connectivity index (χ1) is 14.1. The molecule has 2 aliphatic heterocycles. The Morgan fingerprint density at radius 2 is 1.83 bits per heavy atom. The van der Waals surface area contributed by atoms with Gasteiger partial charge in [-0.05, 0) is 43.1 Å². The van der Waals surface area contributed by atoms with Gasteiger partial charge >= 0.3 is 5.97 Å². The molecule has 0 saturated heterocycles. The van der Waals surface area contributed by atoms with E-state index in [1.807, 2.05) is 18.2 Å². The number of carboxylic acid groups (broad SMARTS) is 1. The Bertz CT molecular complexity index is 936. The van der Waals surface area contributed by atoms with Crippen molar-refractivity contribution in [2.75, 3.05) is 19.7 Å². The van der Waals surface area contributed by atoms with Crippen molar-refractivity contribution < 1.29 is 24.2 Å². The van der Waals surface area contributed by atoms with Gasteiger partial charge in [-0.2, -0.15) is 0 Å². The molecular weight excluding hydrogens is 372 g/mol. The number of benzene rings is 2. The Morgan fingerprint density at radius 3 is 2.52 bits per heavy atom. The predicted octanol–water partition coefficient (Wildman–Crippen LogP) is 2.41. The van der Waals surface area contributed by atoms with Crippen molar-refractivity contribution in [2.24, 2.45) is 0 Å². The van der Waals surface area contributed by atoms with E-state index < -0.39 is 5.97 Å². The molecule has 4 rings (SSSR count). The highest BCUT2D eigenvalue weighted by Crippen LogP contribution is 2.34. The zero-order valence-corrected chi connectivity index (χ0v) is 15.9. The van der Waals surface area contributed by atoms with Gasteiger partial charge in [-0.25, -0.2) is 0 Å². The fourth-order valence-electron chi connectivity index (χ4n) is 3.96. The molecule has 29 heavy (non-hydrogen) atoms. The number of aliphatic carboxylic acids is 1. The fourth-order valence-corrected chi connectivity index (χ4v) is 3.96. The van der Waals surface area contributed by atoms with Crippen molar-refractivity contribution in [2.45, 2.75) is 25.3 Å². The Kier molecular flexibility index (Phi) is 5.31. The number of nitrogens with one attached hydrogen (secondary N) is 1. The molecule has 2 aromatic rings. The zero-order valence-electron chi connectivity index (χ0n) is 15.9. The summed E-state index contributed by atoms with van der Waals surface area (Å²) >= 11 is 0. The molecule has 2 aliphatic rings. The summed E-state index contributed by atoms with van der Waals surface area (Å²) in [7, 11) is 0. The van der Waals surface area contributed by atoms with Crippen LogP contribution in [0.1, 0.15) is 50.7 Å². The highest BCUT2D eigenvalue weighted by Gasteiger charge is 2.38. The lowest BCUT2D eigenvalue weighted by Crippen LogP contribution is -2.41. The van der Waals surface area contributed by atoms with Crippen molar-refractivity contribution in [1.29, 1.82) is 0 Å². The van der Waals surface area contributed by atoms with E-state index >= 15 is 0 Å². The Labute approximate surface area is 168 Å². The van der Waals surface area contributed by atoms with E-state index in [1.165, 1.54) is 4.90 Å². The lowest BCUT2D eigenvalue weighted by atomic mass is 9.93. The van der Waals surface area contributed by atoms with Crippen LogP contribution in [0.2, 0.25) is 0 Å². The van der Waals surface area contributed by atoms with Crippen LogP contribution in [-0.4, -0.2) is 47.5 Å². The van der Waals surface area contributed by atoms with E-state index in [4.69, 9.17) is 9.84 Å². The number of rotatable bonds is 7. The summed E-state index contributed by atoms with van der Waals surface area (Å²) in [6.07, 6.45) is 1.28. The van der Waals surface area contributed by atoms with Gasteiger partial charge in [0, 0.05) is 18.5 Å². The molecule has 0 spiro atoms. The third kappa shape index (κ3) is 3.73. The maximum absolute atomic E-state index is 12.7. The molecule has 1 unspecified atom stereocenters. The quantitative estimate of drug-likeness (QED) is 0.553. The molecule has 0 radical (unpaired) electrons. The highest BCUT2D eigenvalue weighted by molar-refractivity contribution is 6.21. The van der Waals surface area contributed by atoms with E-state index in [9.17, 15) is 14.4 Å². The first-order valence-corrected chi connectivity index (χ1v) is 9.71. The summed E-state index contributed by atoms with van der Waals surface area (Å²) in [6.45, 7) is 1.25. The second-order valence-corrected chi connectivity index (χ2v) is 7.20. The summed E-state index contributed by atoms with van der Waals surface area (Å²) in [6, 6.07) is 12.4. The van der Waals surface area contributed by atoms with Crippen LogP contribution in [0, 0.1) is 0 Å². The SMILES string of the molecule is O=C(O)CCCOc1cccc2c1C(CN1C(=O)c3ccccc3C1=O)NCC2. The van der Waals surface area contributed by atoms with Crippen LogP contribution in [0.25, 0.3) is 0 Å². The summed E-state index contributed by atoms with van der Waals surface area (Å²) in [4.78, 5) is 37.5. The molecule has 0 aromatic heterocycles. The molecule has 7 nitrogen and oxygen atoms in total. The van der Waals surface area contributed by atoms with E-state index in [0.717, 1.165) is 24.1 Å². The van der Waals surface area contributed by atoms with E-state index in [2.05, 4.69) is 5.32 Å². The number of carbonyl (C=O) groups excluding carboxylic acids is 2. The lowest BCUT2D eigenvalue weighted by Gasteiger charge is -2.31. The third-order valence-electron chi connectivity index (χ3n) is 5.33. The van der Waals surface area contributed by atoms with Crippen molar-refractivity contribution in [3.05, 3.63) is 64.7 Å². The largest absolute Gasteiger partial charge is 0.493 e. The minimum atomic E-state index is -0.853. The molecule has 0 saturated carbocycles. The standard InChI is InChI=1S/C22H22N2O5/c25-19(26)9-4-12-29-18-8-3-5-14-10-11-23-17(20(14)18)13-24-21(27)15-6-1-2-7-16(15)22(24)28/h1-3,5-8,17,23H,4,9-13H2,(H,25,26). The van der Waals surface area contributed by atoms with Gasteiger partial charge in [0.1, 0.15) is 5.75 Å². The van der Waals surface area contributed by atoms with Gasteiger partial charge < -0.3 is 15.2 Å². The van der Waals surface area contributed by atoms with Crippen molar-refractivity contribution in [1.82, 2.24) is 10.2 Å². The smallest absolute Gasteiger partial charge is 0.303 e. The molecule has 2 heterocycles. The first-order valence-electron chi connectivity index (χ1n) is 9.71. The molecule has 2 amide bonds. The average molecular weight is 394 g/mol. The topological polar surface area (TPSA) is 95.9 Å². The van der Waals surface area contributed by atoms with Crippen LogP contribution in [0.5, 0.6) is 5.75 Å². The van der Waals surface area contributed by atoms with Gasteiger partial charge in [-0.1, -0.05) is 24.3 Å². The van der Waals surface area contributed by atoms with Crippen LogP contribution in [-0.2, 0) is 11.2 Å². The monoisotopic (exact) mass is 394 g/mol. The van der Waals surface area contributed by atoms with E-state index in [0.29, 0.717) is 29.9 Å². The van der Waals surface area contributed by atoms with Gasteiger partial charge in [0.2, 0.25) is 0 Å². The van der Waals surface area contributed by atoms with E-state index in [-0.39, 0.29) is 30.8 Å². The van der Waals surface area contributed by atoms with Crippen LogP contribution < -0.4 is 10.1 Å². The number of imide groups is 1. The lowest BCUT2D eigenvalue weighted by molar-refractivity contribution is -0.137. The zero-order chi connectivity index (χ0) is 20.4. The summed E-state index contributed by atoms with van der Waals surface area (Å²) < 4.78 is 5.87. The van der Waals surface area contributed by atoms with Crippen LogP contribution in [0.4, 0.5) is 0 Å². The van der Waals surface area contributed by atoms with Gasteiger partial charge in [0.15, 0.2) is 0 Å². The molecule has 7 heteroatoms. The van der Waals surface area contributed by atoms with E-state index in [1.54, 1.807) is 24.3 Å². The van der Waals surface area contributed by atoms with Gasteiger partial charge in [-0.15, -0.1) is 0 Å². The second kappa shape index (κ2) is 8.05. The minimum absolute atomic E-state index is 0.0474. The minimum Gasteiger partial charge on any atom is -0.493 e. The van der Waals surface area contributed by atoms with Crippen molar-refractivity contribution in [3.63, 3.8) is 0 Å². The number of carbonyl (C=O) groups is 3. The summed E-state index contributed by atoms with van der Waals surface area (Å²) in [5.74, 6) is -0.741. The van der Waals surface area contributed by atoms with Crippen molar-refractivity contribution in [3.8, 4) is 5.75 Å². The number of amides is 2. The van der Waals surface area contributed by atoms with Gasteiger partial charge in [0.25, 0.3) is 11.8 Å². The number of fused-ring (bicyclic) bond motifs is 2. The van der Waals surface area contributed by atoms with Crippen molar-refractivity contribution >= 4 is 17.8 Å². The number of hydrogen-bond donors (Lipinski definition) is 2. The number of ether oxygens (including phenoxy) is 1. The second-order valence-electron chi connectivity index (χ2n) is 7.20. The maximum Gasteiger partial charge on any atom is 0.303 e. The molecule has 150 valence electrons. The molecule has 0 bridgehead atoms. The molecule has 2 aromatic carbocycles. The Hall–Kier alpha value is -3.19. The molecular formula is C22H22N2O5. The normalized spacial score (nSPS) is 17.8. The van der Waals surface area contributed by atoms with Crippen LogP contribution in [0.15, 0.2) is 42.5 Å². The Morgan fingerprint density at radius 1 is 1.10 bits per heavy atom. The maximum atomic E-state index is 12.7. The highest BCUT2D eigenvalue weighted by atomic mass is 16.5. The van der Waals surface area contributed by atoms with Crippen LogP contribution in [0.3, 0.4) is 0 Å². The van der Waals surface area contributed by atoms with Gasteiger partial charge in [-0.3, -0.25) is 19.3 Å². The summed E-state index contributed by atoms with van der Waals surface area (Å²) in [5, 5.41) is 12.2.